The highest BCUT2D eigenvalue weighted by Gasteiger charge is 2.17. The van der Waals surface area contributed by atoms with Crippen molar-refractivity contribution >= 4 is 57.3 Å². The molecule has 7 nitrogen and oxygen atoms in total. The topological polar surface area (TPSA) is 78.2 Å². The van der Waals surface area contributed by atoms with Gasteiger partial charge in [-0.1, -0.05) is 47.4 Å². The van der Waals surface area contributed by atoms with E-state index < -0.39 is 0 Å². The fourth-order valence-electron chi connectivity index (χ4n) is 2.97. The average molecular weight is 471 g/mol. The Balaban J connectivity index is 1.62. The van der Waals surface area contributed by atoms with Gasteiger partial charge in [0.1, 0.15) is 10.4 Å². The number of benzene rings is 2. The monoisotopic (exact) mass is 470 g/mol. The quantitative estimate of drug-likeness (QED) is 0.258. The molecular formula is C21H18N4O3S3. The Morgan fingerprint density at radius 3 is 2.74 bits per heavy atom. The third kappa shape index (κ3) is 4.41. The lowest BCUT2D eigenvalue weighted by molar-refractivity contribution is -0.113. The van der Waals surface area contributed by atoms with Crippen molar-refractivity contribution < 1.29 is 9.53 Å². The average Bonchev–Trinajstić information content (AvgIpc) is 3.12. The highest BCUT2D eigenvalue weighted by atomic mass is 32.2. The summed E-state index contributed by atoms with van der Waals surface area (Å²) in [6, 6.07) is 16.7. The second kappa shape index (κ2) is 9.04. The maximum absolute atomic E-state index is 12.9. The second-order valence-electron chi connectivity index (χ2n) is 6.52. The summed E-state index contributed by atoms with van der Waals surface area (Å²) in [6.07, 6.45) is 0. The Hall–Kier alpha value is -2.95. The maximum atomic E-state index is 12.9. The normalized spacial score (nSPS) is 10.9. The number of nitrogens with zero attached hydrogens (tertiary/aromatic N) is 3. The van der Waals surface area contributed by atoms with Crippen LogP contribution >= 0.6 is 35.3 Å². The number of carbonyl (C=O) groups excluding carboxylic acids is 1. The number of amides is 1. The van der Waals surface area contributed by atoms with Gasteiger partial charge >= 0.3 is 0 Å². The first-order valence-corrected chi connectivity index (χ1v) is 11.4. The first-order valence-electron chi connectivity index (χ1n) is 9.22. The van der Waals surface area contributed by atoms with Crippen LogP contribution in [0.2, 0.25) is 0 Å². The van der Waals surface area contributed by atoms with Crippen LogP contribution in [0.25, 0.3) is 16.0 Å². The molecule has 1 amide bonds. The van der Waals surface area contributed by atoms with Gasteiger partial charge in [-0.25, -0.2) is 4.98 Å². The lowest BCUT2D eigenvalue weighted by Gasteiger charge is -2.10. The molecule has 2 heterocycles. The van der Waals surface area contributed by atoms with Crippen LogP contribution in [0, 0.1) is 3.95 Å². The van der Waals surface area contributed by atoms with E-state index in [1.807, 2.05) is 30.3 Å². The number of ether oxygens (including phenoxy) is 1. The van der Waals surface area contributed by atoms with E-state index in [1.54, 1.807) is 43.0 Å². The largest absolute Gasteiger partial charge is 0.497 e. The van der Waals surface area contributed by atoms with Crippen LogP contribution < -0.4 is 15.6 Å². The Morgan fingerprint density at radius 2 is 2.00 bits per heavy atom. The van der Waals surface area contributed by atoms with Gasteiger partial charge in [-0.3, -0.25) is 18.7 Å². The number of hydrogen-bond acceptors (Lipinski definition) is 7. The zero-order valence-corrected chi connectivity index (χ0v) is 19.1. The van der Waals surface area contributed by atoms with Gasteiger partial charge in [0, 0.05) is 24.5 Å². The molecule has 2 aromatic carbocycles. The highest BCUT2D eigenvalue weighted by Crippen LogP contribution is 2.25. The molecule has 0 saturated heterocycles. The number of anilines is 1. The molecular weight excluding hydrogens is 452 g/mol. The molecule has 31 heavy (non-hydrogen) atoms. The van der Waals surface area contributed by atoms with Gasteiger partial charge in [0.05, 0.1) is 12.9 Å². The molecule has 0 aliphatic heterocycles. The van der Waals surface area contributed by atoms with E-state index in [0.717, 1.165) is 5.69 Å². The van der Waals surface area contributed by atoms with Crippen molar-refractivity contribution in [3.05, 3.63) is 68.9 Å². The van der Waals surface area contributed by atoms with Gasteiger partial charge in [-0.2, -0.15) is 0 Å². The zero-order valence-electron chi connectivity index (χ0n) is 16.7. The van der Waals surface area contributed by atoms with Crippen molar-refractivity contribution in [1.29, 1.82) is 0 Å². The maximum Gasteiger partial charge on any atom is 0.273 e. The predicted molar refractivity (Wildman–Crippen MR) is 127 cm³/mol. The number of rotatable bonds is 6. The molecule has 0 unspecified atom stereocenters. The second-order valence-corrected chi connectivity index (χ2v) is 9.11. The summed E-state index contributed by atoms with van der Waals surface area (Å²) in [7, 11) is 3.21. The van der Waals surface area contributed by atoms with Gasteiger partial charge in [0.25, 0.3) is 5.56 Å². The predicted octanol–water partition coefficient (Wildman–Crippen LogP) is 4.25. The van der Waals surface area contributed by atoms with Gasteiger partial charge in [-0.15, -0.1) is 0 Å². The Bertz CT molecular complexity index is 1380. The lowest BCUT2D eigenvalue weighted by Crippen LogP contribution is -2.21. The van der Waals surface area contributed by atoms with E-state index >= 15 is 0 Å². The summed E-state index contributed by atoms with van der Waals surface area (Å²) in [5.41, 5.74) is 1.79. The number of nitrogens with one attached hydrogen (secondary N) is 1. The fraction of sp³-hybridized carbons (Fsp3) is 0.143. The van der Waals surface area contributed by atoms with Crippen LogP contribution in [0.5, 0.6) is 5.75 Å². The van der Waals surface area contributed by atoms with Crippen LogP contribution in [-0.4, -0.2) is 32.9 Å². The first-order chi connectivity index (χ1) is 15.0. The third-order valence-corrected chi connectivity index (χ3v) is 6.86. The zero-order chi connectivity index (χ0) is 22.0. The van der Waals surface area contributed by atoms with Gasteiger partial charge in [-0.05, 0) is 36.5 Å². The van der Waals surface area contributed by atoms with E-state index in [0.29, 0.717) is 30.9 Å². The summed E-state index contributed by atoms with van der Waals surface area (Å²) < 4.78 is 9.44. The Labute approximate surface area is 191 Å². The molecule has 158 valence electrons. The highest BCUT2D eigenvalue weighted by molar-refractivity contribution is 7.99. The number of fused-ring (bicyclic) bond motifs is 1. The van der Waals surface area contributed by atoms with Crippen LogP contribution in [-0.2, 0) is 11.8 Å². The molecule has 2 aromatic heterocycles. The van der Waals surface area contributed by atoms with Crippen molar-refractivity contribution in [2.24, 2.45) is 7.05 Å². The van der Waals surface area contributed by atoms with Gasteiger partial charge in [0.2, 0.25) is 5.91 Å². The number of thioether (sulfide) groups is 1. The summed E-state index contributed by atoms with van der Waals surface area (Å²) in [4.78, 5) is 30.0. The van der Waals surface area contributed by atoms with Crippen LogP contribution in [0.4, 0.5) is 5.69 Å². The summed E-state index contributed by atoms with van der Waals surface area (Å²) in [5, 5.41) is 3.27. The molecule has 0 fully saturated rings. The van der Waals surface area contributed by atoms with Crippen molar-refractivity contribution in [2.75, 3.05) is 18.2 Å². The van der Waals surface area contributed by atoms with Crippen molar-refractivity contribution in [2.45, 2.75) is 5.16 Å². The molecule has 0 aliphatic rings. The minimum atomic E-state index is -0.210. The van der Waals surface area contributed by atoms with Crippen molar-refractivity contribution in [3.8, 4) is 11.4 Å². The molecule has 0 aliphatic carbocycles. The number of hydrogen-bond donors (Lipinski definition) is 1. The number of aromatic nitrogens is 3. The van der Waals surface area contributed by atoms with E-state index in [-0.39, 0.29) is 17.2 Å². The molecule has 0 atom stereocenters. The molecule has 0 saturated carbocycles. The molecule has 10 heteroatoms. The third-order valence-electron chi connectivity index (χ3n) is 4.47. The smallest absolute Gasteiger partial charge is 0.273 e. The van der Waals surface area contributed by atoms with Crippen LogP contribution in [0.15, 0.2) is 64.5 Å². The summed E-state index contributed by atoms with van der Waals surface area (Å²) >= 11 is 7.92. The van der Waals surface area contributed by atoms with Gasteiger partial charge < -0.3 is 10.1 Å². The van der Waals surface area contributed by atoms with E-state index in [2.05, 4.69) is 10.3 Å². The van der Waals surface area contributed by atoms with E-state index in [9.17, 15) is 9.59 Å². The summed E-state index contributed by atoms with van der Waals surface area (Å²) in [5.74, 6) is 0.541. The van der Waals surface area contributed by atoms with Crippen LogP contribution in [0.3, 0.4) is 0 Å². The first kappa shape index (κ1) is 21.3. The minimum absolute atomic E-state index is 0.0964. The molecule has 4 rings (SSSR count). The lowest BCUT2D eigenvalue weighted by atomic mass is 10.3. The summed E-state index contributed by atoms with van der Waals surface area (Å²) in [6.45, 7) is 0. The van der Waals surface area contributed by atoms with E-state index in [4.69, 9.17) is 17.0 Å². The van der Waals surface area contributed by atoms with Crippen molar-refractivity contribution in [3.63, 3.8) is 0 Å². The molecule has 1 N–H and O–H groups in total. The number of methoxy groups -OCH3 is 1. The molecule has 4 aromatic rings. The number of thiazole rings is 1. The number of carbonyl (C=O) groups is 1. The Kier molecular flexibility index (Phi) is 6.21. The Morgan fingerprint density at radius 1 is 1.23 bits per heavy atom. The number of para-hydroxylation sites is 1. The fourth-order valence-corrected chi connectivity index (χ4v) is 5.09. The standard InChI is InChI=1S/C21H18N4O3S3/c1-24-19(27)17-18(25(21(29)31-17)14-8-4-3-5-9-14)23-20(24)30-12-16(26)22-13-7-6-10-15(11-13)28-2/h3-11H,12H2,1-2H3,(H,22,26). The van der Waals surface area contributed by atoms with Crippen molar-refractivity contribution in [1.82, 2.24) is 14.1 Å². The SMILES string of the molecule is COc1cccc(NC(=O)CSc2nc3c(sc(=S)n3-c3ccccc3)c(=O)n2C)c1. The molecule has 0 bridgehead atoms. The molecule has 0 radical (unpaired) electrons. The minimum Gasteiger partial charge on any atom is -0.497 e. The van der Waals surface area contributed by atoms with Crippen LogP contribution in [0.1, 0.15) is 0 Å². The van der Waals surface area contributed by atoms with Gasteiger partial charge in [0.15, 0.2) is 14.8 Å². The molecule has 0 spiro atoms. The van der Waals surface area contributed by atoms with E-state index in [1.165, 1.54) is 27.7 Å².